The molecule has 2 aromatic rings. The van der Waals surface area contributed by atoms with Gasteiger partial charge in [0.1, 0.15) is 5.00 Å². The normalized spacial score (nSPS) is 13.2. The van der Waals surface area contributed by atoms with Gasteiger partial charge >= 0.3 is 5.97 Å². The smallest absolute Gasteiger partial charge is 0.341 e. The second-order valence-corrected chi connectivity index (χ2v) is 7.08. The summed E-state index contributed by atoms with van der Waals surface area (Å²) in [7, 11) is 1.34. The number of nitrogens with one attached hydrogen (secondary N) is 1. The van der Waals surface area contributed by atoms with E-state index in [-0.39, 0.29) is 5.91 Å². The third kappa shape index (κ3) is 3.44. The molecule has 0 bridgehead atoms. The Hall–Kier alpha value is -2.60. The fourth-order valence-electron chi connectivity index (χ4n) is 2.75. The molecule has 6 heteroatoms. The number of anilines is 2. The molecule has 25 heavy (non-hydrogen) atoms. The lowest BCUT2D eigenvalue weighted by atomic mass is 10.1. The van der Waals surface area contributed by atoms with Gasteiger partial charge in [-0.1, -0.05) is 12.2 Å². The van der Waals surface area contributed by atoms with Crippen molar-refractivity contribution in [3.8, 4) is 0 Å². The average Bonchev–Trinajstić information content (AvgIpc) is 3.24. The zero-order valence-electron chi connectivity index (χ0n) is 14.5. The minimum absolute atomic E-state index is 0.238. The van der Waals surface area contributed by atoms with Gasteiger partial charge in [-0.25, -0.2) is 4.79 Å². The number of methoxy groups -OCH3 is 1. The fourth-order valence-corrected chi connectivity index (χ4v) is 3.79. The number of benzene rings is 1. The van der Waals surface area contributed by atoms with Crippen LogP contribution in [0.2, 0.25) is 0 Å². The van der Waals surface area contributed by atoms with E-state index in [4.69, 9.17) is 4.74 Å². The Labute approximate surface area is 150 Å². The number of thiophene rings is 1. The first-order valence-corrected chi connectivity index (χ1v) is 8.82. The van der Waals surface area contributed by atoms with Crippen LogP contribution in [-0.4, -0.2) is 32.1 Å². The highest BCUT2D eigenvalue weighted by Crippen LogP contribution is 2.33. The Balaban J connectivity index is 1.78. The van der Waals surface area contributed by atoms with Gasteiger partial charge in [0.2, 0.25) is 0 Å². The van der Waals surface area contributed by atoms with Crippen LogP contribution < -0.4 is 10.2 Å². The van der Waals surface area contributed by atoms with E-state index in [2.05, 4.69) is 22.4 Å². The average molecular weight is 356 g/mol. The van der Waals surface area contributed by atoms with E-state index >= 15 is 0 Å². The number of amides is 1. The molecule has 5 nitrogen and oxygen atoms in total. The second kappa shape index (κ2) is 7.11. The van der Waals surface area contributed by atoms with E-state index in [1.54, 1.807) is 12.1 Å². The zero-order chi connectivity index (χ0) is 18.0. The third-order valence-corrected chi connectivity index (χ3v) is 5.44. The first-order chi connectivity index (χ1) is 12.0. The minimum atomic E-state index is -0.436. The lowest BCUT2D eigenvalue weighted by molar-refractivity contribution is 0.0601. The van der Waals surface area contributed by atoms with Crippen molar-refractivity contribution in [3.05, 3.63) is 58.0 Å². The van der Waals surface area contributed by atoms with E-state index in [1.807, 2.05) is 26.0 Å². The first kappa shape index (κ1) is 17.2. The van der Waals surface area contributed by atoms with Crippen molar-refractivity contribution in [2.24, 2.45) is 0 Å². The van der Waals surface area contributed by atoms with E-state index in [1.165, 1.54) is 18.4 Å². The van der Waals surface area contributed by atoms with Crippen molar-refractivity contribution in [1.29, 1.82) is 0 Å². The molecule has 3 rings (SSSR count). The molecule has 0 unspecified atom stereocenters. The number of nitrogens with zero attached hydrogens (tertiary/aromatic N) is 1. The standard InChI is InChI=1S/C19H20N2O3S/c1-12-13(2)25-18(16(12)19(23)24-3)20-17(22)14-6-8-15(9-7-14)21-10-4-5-11-21/h4-9H,10-11H2,1-3H3,(H,20,22). The highest BCUT2D eigenvalue weighted by Gasteiger charge is 2.22. The zero-order valence-corrected chi connectivity index (χ0v) is 15.3. The second-order valence-electron chi connectivity index (χ2n) is 5.86. The SMILES string of the molecule is COC(=O)c1c(NC(=O)c2ccc(N3CC=CC3)cc2)sc(C)c1C. The number of aryl methyl sites for hydroxylation is 1. The molecule has 0 saturated heterocycles. The molecule has 130 valence electrons. The number of hydrogen-bond donors (Lipinski definition) is 1. The number of rotatable bonds is 4. The van der Waals surface area contributed by atoms with Gasteiger partial charge in [0, 0.05) is 29.2 Å². The predicted molar refractivity (Wildman–Crippen MR) is 101 cm³/mol. The fraction of sp³-hybridized carbons (Fsp3) is 0.263. The Morgan fingerprint density at radius 1 is 1.12 bits per heavy atom. The van der Waals surface area contributed by atoms with Crippen LogP contribution >= 0.6 is 11.3 Å². The maximum Gasteiger partial charge on any atom is 0.341 e. The van der Waals surface area contributed by atoms with Gasteiger partial charge < -0.3 is 15.0 Å². The number of ether oxygens (including phenoxy) is 1. The molecule has 0 saturated carbocycles. The Morgan fingerprint density at radius 3 is 2.36 bits per heavy atom. The van der Waals surface area contributed by atoms with Crippen LogP contribution in [0.15, 0.2) is 36.4 Å². The van der Waals surface area contributed by atoms with E-state index in [0.29, 0.717) is 16.1 Å². The summed E-state index contributed by atoms with van der Waals surface area (Å²) in [6.07, 6.45) is 4.24. The number of hydrogen-bond acceptors (Lipinski definition) is 5. The molecule has 0 fully saturated rings. The molecule has 0 atom stereocenters. The summed E-state index contributed by atoms with van der Waals surface area (Å²) >= 11 is 1.38. The third-order valence-electron chi connectivity index (χ3n) is 4.31. The summed E-state index contributed by atoms with van der Waals surface area (Å²) in [4.78, 5) is 27.7. The van der Waals surface area contributed by atoms with Gasteiger partial charge in [0.05, 0.1) is 12.7 Å². The summed E-state index contributed by atoms with van der Waals surface area (Å²) in [6, 6.07) is 7.48. The Bertz CT molecular complexity index is 829. The quantitative estimate of drug-likeness (QED) is 0.669. The summed E-state index contributed by atoms with van der Waals surface area (Å²) in [5, 5.41) is 3.37. The van der Waals surface area contributed by atoms with E-state index in [0.717, 1.165) is 29.2 Å². The molecule has 0 spiro atoms. The van der Waals surface area contributed by atoms with Crippen molar-refractivity contribution in [3.63, 3.8) is 0 Å². The van der Waals surface area contributed by atoms with Crippen molar-refractivity contribution < 1.29 is 14.3 Å². The molecule has 1 amide bonds. The van der Waals surface area contributed by atoms with Crippen LogP contribution in [0.3, 0.4) is 0 Å². The largest absolute Gasteiger partial charge is 0.465 e. The number of carbonyl (C=O) groups is 2. The van der Waals surface area contributed by atoms with Gasteiger partial charge in [-0.2, -0.15) is 0 Å². The maximum atomic E-state index is 12.5. The monoisotopic (exact) mass is 356 g/mol. The van der Waals surface area contributed by atoms with Crippen molar-refractivity contribution >= 4 is 33.9 Å². The topological polar surface area (TPSA) is 58.6 Å². The molecule has 0 aliphatic carbocycles. The van der Waals surface area contributed by atoms with Gasteiger partial charge in [-0.05, 0) is 43.7 Å². The molecule has 1 aliphatic heterocycles. The predicted octanol–water partition coefficient (Wildman–Crippen LogP) is 3.78. The molecular formula is C19H20N2O3S. The van der Waals surface area contributed by atoms with Crippen LogP contribution in [-0.2, 0) is 4.74 Å². The van der Waals surface area contributed by atoms with Crippen molar-refractivity contribution in [1.82, 2.24) is 0 Å². The van der Waals surface area contributed by atoms with Crippen LogP contribution in [0, 0.1) is 13.8 Å². The van der Waals surface area contributed by atoms with Gasteiger partial charge in [-0.3, -0.25) is 4.79 Å². The number of esters is 1. The maximum absolute atomic E-state index is 12.5. The molecule has 2 heterocycles. The van der Waals surface area contributed by atoms with Gasteiger partial charge in [-0.15, -0.1) is 11.3 Å². The van der Waals surface area contributed by atoms with Gasteiger partial charge in [0.25, 0.3) is 5.91 Å². The van der Waals surface area contributed by atoms with Crippen molar-refractivity contribution in [2.75, 3.05) is 30.4 Å². The summed E-state index contributed by atoms with van der Waals surface area (Å²) in [5.74, 6) is -0.675. The Kier molecular flexibility index (Phi) is 4.90. The lowest BCUT2D eigenvalue weighted by Crippen LogP contribution is -2.19. The summed E-state index contributed by atoms with van der Waals surface area (Å²) in [5.41, 5.74) is 2.90. The van der Waals surface area contributed by atoms with Crippen LogP contribution in [0.25, 0.3) is 0 Å². The van der Waals surface area contributed by atoms with E-state index in [9.17, 15) is 9.59 Å². The molecular weight excluding hydrogens is 336 g/mol. The molecule has 1 aliphatic rings. The highest BCUT2D eigenvalue weighted by atomic mass is 32.1. The first-order valence-electron chi connectivity index (χ1n) is 8.01. The van der Waals surface area contributed by atoms with Crippen LogP contribution in [0.1, 0.15) is 31.2 Å². The molecule has 0 radical (unpaired) electrons. The summed E-state index contributed by atoms with van der Waals surface area (Å²) < 4.78 is 4.84. The lowest BCUT2D eigenvalue weighted by Gasteiger charge is -2.17. The number of carbonyl (C=O) groups excluding carboxylic acids is 2. The van der Waals surface area contributed by atoms with E-state index < -0.39 is 5.97 Å². The highest BCUT2D eigenvalue weighted by molar-refractivity contribution is 7.16. The van der Waals surface area contributed by atoms with Crippen LogP contribution in [0.5, 0.6) is 0 Å². The summed E-state index contributed by atoms with van der Waals surface area (Å²) in [6.45, 7) is 5.55. The molecule has 1 N–H and O–H groups in total. The van der Waals surface area contributed by atoms with Crippen LogP contribution in [0.4, 0.5) is 10.7 Å². The molecule has 1 aromatic heterocycles. The van der Waals surface area contributed by atoms with Crippen molar-refractivity contribution in [2.45, 2.75) is 13.8 Å². The van der Waals surface area contributed by atoms with Gasteiger partial charge in [0.15, 0.2) is 0 Å². The Morgan fingerprint density at radius 2 is 1.76 bits per heavy atom. The molecule has 1 aromatic carbocycles. The minimum Gasteiger partial charge on any atom is -0.465 e.